The van der Waals surface area contributed by atoms with Crippen LogP contribution in [-0.4, -0.2) is 29.6 Å². The summed E-state index contributed by atoms with van der Waals surface area (Å²) < 4.78 is 27.7. The maximum Gasteiger partial charge on any atom is 0.349 e. The molecular weight excluding hydrogens is 300 g/mol. The molecule has 2 aromatic carbocycles. The third-order valence-corrected chi connectivity index (χ3v) is 4.17. The van der Waals surface area contributed by atoms with Gasteiger partial charge >= 0.3 is 5.92 Å². The molecule has 120 valence electrons. The van der Waals surface area contributed by atoms with Crippen LogP contribution < -0.4 is 4.90 Å². The van der Waals surface area contributed by atoms with E-state index in [0.717, 1.165) is 28.5 Å². The van der Waals surface area contributed by atoms with Gasteiger partial charge in [0.15, 0.2) is 0 Å². The summed E-state index contributed by atoms with van der Waals surface area (Å²) in [6.07, 6.45) is -1.50. The minimum absolute atomic E-state index is 0.195. The lowest BCUT2D eigenvalue weighted by atomic mass is 9.98. The second-order valence-electron chi connectivity index (χ2n) is 5.68. The number of halogens is 2. The molecule has 0 saturated heterocycles. The summed E-state index contributed by atoms with van der Waals surface area (Å²) in [5, 5.41) is 9.19. The quantitative estimate of drug-likeness (QED) is 0.944. The molecule has 2 aromatic rings. The zero-order valence-electron chi connectivity index (χ0n) is 12.7. The van der Waals surface area contributed by atoms with Crippen molar-refractivity contribution >= 4 is 11.6 Å². The van der Waals surface area contributed by atoms with E-state index in [1.807, 2.05) is 36.4 Å². The number of hydrogen-bond acceptors (Lipinski definition) is 2. The lowest BCUT2D eigenvalue weighted by Gasteiger charge is -2.25. The zero-order valence-corrected chi connectivity index (χ0v) is 12.7. The topological polar surface area (TPSA) is 40.5 Å². The first kappa shape index (κ1) is 15.6. The Bertz CT molecular complexity index is 729. The molecule has 0 aliphatic carbocycles. The van der Waals surface area contributed by atoms with Gasteiger partial charge in [0.25, 0.3) is 5.91 Å². The molecule has 0 bridgehead atoms. The average molecular weight is 317 g/mol. The number of amides is 1. The Morgan fingerprint density at radius 1 is 1.17 bits per heavy atom. The van der Waals surface area contributed by atoms with Crippen LogP contribution in [0.1, 0.15) is 12.5 Å². The van der Waals surface area contributed by atoms with Gasteiger partial charge in [0.1, 0.15) is 6.10 Å². The molecule has 1 aliphatic rings. The summed E-state index contributed by atoms with van der Waals surface area (Å²) in [7, 11) is 0. The largest absolute Gasteiger partial charge is 0.387 e. The van der Waals surface area contributed by atoms with E-state index in [2.05, 4.69) is 0 Å². The fourth-order valence-corrected chi connectivity index (χ4v) is 2.89. The number of alkyl halides is 2. The second kappa shape index (κ2) is 5.74. The number of fused-ring (bicyclic) bond motifs is 1. The number of nitrogens with zero attached hydrogens (tertiary/aromatic N) is 1. The van der Waals surface area contributed by atoms with Crippen molar-refractivity contribution < 1.29 is 18.7 Å². The van der Waals surface area contributed by atoms with Crippen molar-refractivity contribution in [1.82, 2.24) is 0 Å². The highest BCUT2D eigenvalue weighted by molar-refractivity contribution is 6.01. The standard InChI is InChI=1S/C18H17F2NO2/c1-12(22)18(19,20)17(23)21-11-10-15-14(8-5-9-16(15)21)13-6-3-2-4-7-13/h2-9,12,22H,10-11H2,1H3. The molecule has 0 fully saturated rings. The van der Waals surface area contributed by atoms with Crippen molar-refractivity contribution in [3.8, 4) is 11.1 Å². The van der Waals surface area contributed by atoms with Gasteiger partial charge in [-0.1, -0.05) is 42.5 Å². The van der Waals surface area contributed by atoms with Crippen molar-refractivity contribution in [2.24, 2.45) is 0 Å². The molecule has 1 N–H and O–H groups in total. The Morgan fingerprint density at radius 2 is 1.87 bits per heavy atom. The van der Waals surface area contributed by atoms with Gasteiger partial charge in [0, 0.05) is 12.2 Å². The van der Waals surface area contributed by atoms with Gasteiger partial charge in [0.2, 0.25) is 0 Å². The number of aliphatic hydroxyl groups is 1. The molecule has 1 unspecified atom stereocenters. The summed E-state index contributed by atoms with van der Waals surface area (Å²) >= 11 is 0. The molecule has 1 amide bonds. The van der Waals surface area contributed by atoms with E-state index < -0.39 is 17.9 Å². The van der Waals surface area contributed by atoms with Crippen molar-refractivity contribution in [3.63, 3.8) is 0 Å². The summed E-state index contributed by atoms with van der Waals surface area (Å²) in [4.78, 5) is 13.2. The molecule has 0 radical (unpaired) electrons. The Balaban J connectivity index is 2.01. The first-order valence-electron chi connectivity index (χ1n) is 7.48. The van der Waals surface area contributed by atoms with Crippen LogP contribution in [0, 0.1) is 0 Å². The molecule has 3 nitrogen and oxygen atoms in total. The van der Waals surface area contributed by atoms with E-state index in [1.165, 1.54) is 0 Å². The number of benzene rings is 2. The number of anilines is 1. The molecule has 0 saturated carbocycles. The van der Waals surface area contributed by atoms with Gasteiger partial charge in [0.05, 0.1) is 0 Å². The van der Waals surface area contributed by atoms with Crippen molar-refractivity contribution in [2.45, 2.75) is 25.4 Å². The highest BCUT2D eigenvalue weighted by Gasteiger charge is 2.48. The van der Waals surface area contributed by atoms with Crippen LogP contribution >= 0.6 is 0 Å². The average Bonchev–Trinajstić information content (AvgIpc) is 2.98. The minimum Gasteiger partial charge on any atom is -0.387 e. The zero-order chi connectivity index (χ0) is 16.6. The minimum atomic E-state index is -3.79. The lowest BCUT2D eigenvalue weighted by Crippen LogP contribution is -2.49. The van der Waals surface area contributed by atoms with Crippen LogP contribution in [0.4, 0.5) is 14.5 Å². The number of rotatable bonds is 3. The van der Waals surface area contributed by atoms with Crippen molar-refractivity contribution in [2.75, 3.05) is 11.4 Å². The highest BCUT2D eigenvalue weighted by Crippen LogP contribution is 2.38. The molecule has 0 aromatic heterocycles. The Kier molecular flexibility index (Phi) is 3.90. The smallest absolute Gasteiger partial charge is 0.349 e. The number of hydrogen-bond donors (Lipinski definition) is 1. The second-order valence-corrected chi connectivity index (χ2v) is 5.68. The van der Waals surface area contributed by atoms with E-state index in [4.69, 9.17) is 0 Å². The molecule has 1 aliphatic heterocycles. The van der Waals surface area contributed by atoms with Gasteiger partial charge in [-0.25, -0.2) is 0 Å². The normalized spacial score (nSPS) is 15.4. The van der Waals surface area contributed by atoms with Gasteiger partial charge in [-0.2, -0.15) is 8.78 Å². The van der Waals surface area contributed by atoms with E-state index in [-0.39, 0.29) is 6.54 Å². The molecule has 3 rings (SSSR count). The maximum absolute atomic E-state index is 13.9. The first-order chi connectivity index (χ1) is 10.9. The Morgan fingerprint density at radius 3 is 2.52 bits per heavy atom. The predicted octanol–water partition coefficient (Wildman–Crippen LogP) is 3.26. The molecule has 5 heteroatoms. The molecular formula is C18H17F2NO2. The fourth-order valence-electron chi connectivity index (χ4n) is 2.89. The van der Waals surface area contributed by atoms with Crippen molar-refractivity contribution in [3.05, 3.63) is 54.1 Å². The molecule has 1 heterocycles. The molecule has 1 atom stereocenters. The SMILES string of the molecule is CC(O)C(F)(F)C(=O)N1CCc2c(-c3ccccc3)cccc21. The first-order valence-corrected chi connectivity index (χ1v) is 7.48. The number of aliphatic hydroxyl groups excluding tert-OH is 1. The summed E-state index contributed by atoms with van der Waals surface area (Å²) in [6, 6.07) is 15.0. The van der Waals surface area contributed by atoms with Gasteiger partial charge in [-0.15, -0.1) is 0 Å². The van der Waals surface area contributed by atoms with Crippen LogP contribution in [-0.2, 0) is 11.2 Å². The molecule has 0 spiro atoms. The summed E-state index contributed by atoms with van der Waals surface area (Å²) in [6.45, 7) is 1.12. The van der Waals surface area contributed by atoms with E-state index in [0.29, 0.717) is 12.1 Å². The van der Waals surface area contributed by atoms with Crippen LogP contribution in [0.25, 0.3) is 11.1 Å². The van der Waals surface area contributed by atoms with Crippen LogP contribution in [0.2, 0.25) is 0 Å². The Hall–Kier alpha value is -2.27. The maximum atomic E-state index is 13.9. The monoisotopic (exact) mass is 317 g/mol. The van der Waals surface area contributed by atoms with Gasteiger partial charge < -0.3 is 10.0 Å². The number of carbonyl (C=O) groups excluding carboxylic acids is 1. The summed E-state index contributed by atoms with van der Waals surface area (Å²) in [5.41, 5.74) is 3.31. The third-order valence-electron chi connectivity index (χ3n) is 4.17. The Labute approximate surface area is 133 Å². The summed E-state index contributed by atoms with van der Waals surface area (Å²) in [5.74, 6) is -5.14. The van der Waals surface area contributed by atoms with Gasteiger partial charge in [-0.05, 0) is 36.1 Å². The number of carbonyl (C=O) groups is 1. The lowest BCUT2D eigenvalue weighted by molar-refractivity contribution is -0.157. The van der Waals surface area contributed by atoms with E-state index in [9.17, 15) is 18.7 Å². The van der Waals surface area contributed by atoms with Crippen LogP contribution in [0.5, 0.6) is 0 Å². The van der Waals surface area contributed by atoms with Gasteiger partial charge in [-0.3, -0.25) is 4.79 Å². The highest BCUT2D eigenvalue weighted by atomic mass is 19.3. The van der Waals surface area contributed by atoms with Crippen molar-refractivity contribution in [1.29, 1.82) is 0 Å². The van der Waals surface area contributed by atoms with Crippen LogP contribution in [0.3, 0.4) is 0 Å². The van der Waals surface area contributed by atoms with E-state index in [1.54, 1.807) is 12.1 Å². The third kappa shape index (κ3) is 2.61. The molecule has 23 heavy (non-hydrogen) atoms. The van der Waals surface area contributed by atoms with E-state index >= 15 is 0 Å². The van der Waals surface area contributed by atoms with Crippen LogP contribution in [0.15, 0.2) is 48.5 Å². The fraction of sp³-hybridized carbons (Fsp3) is 0.278. The predicted molar refractivity (Wildman–Crippen MR) is 84.6 cm³/mol.